The Morgan fingerprint density at radius 2 is 1.96 bits per heavy atom. The lowest BCUT2D eigenvalue weighted by molar-refractivity contribution is -0.151. The minimum absolute atomic E-state index is 0.176. The van der Waals surface area contributed by atoms with Gasteiger partial charge < -0.3 is 14.2 Å². The molecule has 5 nitrogen and oxygen atoms in total. The summed E-state index contributed by atoms with van der Waals surface area (Å²) in [6.07, 6.45) is 1.32. The van der Waals surface area contributed by atoms with Crippen molar-refractivity contribution in [3.63, 3.8) is 0 Å². The number of pyridine rings is 1. The van der Waals surface area contributed by atoms with Gasteiger partial charge in [-0.3, -0.25) is 0 Å². The third kappa shape index (κ3) is 5.09. The normalized spacial score (nSPS) is 11.7. The first-order chi connectivity index (χ1) is 11.5. The molecule has 0 N–H and O–H groups in total. The molecule has 0 saturated heterocycles. The Kier molecular flexibility index (Phi) is 6.37. The third-order valence-corrected chi connectivity index (χ3v) is 3.11. The second-order valence-electron chi connectivity index (χ2n) is 4.94. The van der Waals surface area contributed by atoms with E-state index in [1.807, 2.05) is 6.92 Å². The van der Waals surface area contributed by atoms with E-state index in [9.17, 15) is 9.18 Å². The van der Waals surface area contributed by atoms with E-state index in [-0.39, 0.29) is 10.9 Å². The predicted octanol–water partition coefficient (Wildman–Crippen LogP) is 4.39. The van der Waals surface area contributed by atoms with Gasteiger partial charge in [0.15, 0.2) is 11.9 Å². The summed E-state index contributed by atoms with van der Waals surface area (Å²) >= 11 is 5.63. The molecule has 0 spiro atoms. The van der Waals surface area contributed by atoms with E-state index in [1.165, 1.54) is 6.20 Å². The Hall–Kier alpha value is -2.34. The maximum atomic E-state index is 13.6. The van der Waals surface area contributed by atoms with Crippen LogP contribution < -0.4 is 9.47 Å². The van der Waals surface area contributed by atoms with Crippen LogP contribution in [0.3, 0.4) is 0 Å². The SMILES string of the molecule is CCCOC(=O)[C@@H](C)Oc1ccc(Oc2ncc(Cl)cc2F)cc1. The van der Waals surface area contributed by atoms with Crippen LogP contribution in [0.15, 0.2) is 36.5 Å². The zero-order valence-corrected chi connectivity index (χ0v) is 14.0. The monoisotopic (exact) mass is 353 g/mol. The van der Waals surface area contributed by atoms with E-state index in [0.717, 1.165) is 12.5 Å². The van der Waals surface area contributed by atoms with Gasteiger partial charge in [0.25, 0.3) is 5.88 Å². The molecule has 2 aromatic rings. The van der Waals surface area contributed by atoms with Crippen LogP contribution in [-0.4, -0.2) is 23.7 Å². The van der Waals surface area contributed by atoms with Crippen molar-refractivity contribution in [1.82, 2.24) is 4.98 Å². The fourth-order valence-corrected chi connectivity index (χ4v) is 1.89. The van der Waals surface area contributed by atoms with Crippen molar-refractivity contribution in [3.05, 3.63) is 47.4 Å². The summed E-state index contributed by atoms with van der Waals surface area (Å²) in [5.41, 5.74) is 0. The molecule has 0 amide bonds. The Morgan fingerprint density at radius 1 is 1.29 bits per heavy atom. The van der Waals surface area contributed by atoms with Crippen LogP contribution in [0.4, 0.5) is 4.39 Å². The Morgan fingerprint density at radius 3 is 2.58 bits per heavy atom. The summed E-state index contributed by atoms with van der Waals surface area (Å²) in [7, 11) is 0. The Balaban J connectivity index is 1.96. The number of halogens is 2. The van der Waals surface area contributed by atoms with Crippen molar-refractivity contribution in [2.75, 3.05) is 6.61 Å². The fraction of sp³-hybridized carbons (Fsp3) is 0.294. The second kappa shape index (κ2) is 8.49. The van der Waals surface area contributed by atoms with Crippen LogP contribution in [0.1, 0.15) is 20.3 Å². The number of benzene rings is 1. The van der Waals surface area contributed by atoms with Gasteiger partial charge in [-0.2, -0.15) is 0 Å². The minimum Gasteiger partial charge on any atom is -0.479 e. The Labute approximate surface area is 144 Å². The fourth-order valence-electron chi connectivity index (χ4n) is 1.75. The minimum atomic E-state index is -0.723. The van der Waals surface area contributed by atoms with Crippen LogP contribution >= 0.6 is 11.6 Å². The summed E-state index contributed by atoms with van der Waals surface area (Å²) in [5, 5.41) is 0.188. The molecule has 1 aromatic heterocycles. The predicted molar refractivity (Wildman–Crippen MR) is 87.1 cm³/mol. The van der Waals surface area contributed by atoms with Crippen molar-refractivity contribution in [2.24, 2.45) is 0 Å². The van der Waals surface area contributed by atoms with Gasteiger partial charge in [-0.1, -0.05) is 18.5 Å². The molecule has 0 bridgehead atoms. The molecule has 1 aromatic carbocycles. The number of carbonyl (C=O) groups excluding carboxylic acids is 1. The number of esters is 1. The van der Waals surface area contributed by atoms with Gasteiger partial charge in [0, 0.05) is 6.20 Å². The average molecular weight is 354 g/mol. The smallest absolute Gasteiger partial charge is 0.347 e. The van der Waals surface area contributed by atoms with Crippen LogP contribution in [0.2, 0.25) is 5.02 Å². The lowest BCUT2D eigenvalue weighted by atomic mass is 10.3. The molecule has 7 heteroatoms. The lowest BCUT2D eigenvalue weighted by Gasteiger charge is -2.14. The van der Waals surface area contributed by atoms with Crippen molar-refractivity contribution in [1.29, 1.82) is 0 Å². The van der Waals surface area contributed by atoms with E-state index in [1.54, 1.807) is 31.2 Å². The lowest BCUT2D eigenvalue weighted by Crippen LogP contribution is -2.26. The average Bonchev–Trinajstić information content (AvgIpc) is 2.56. The molecule has 128 valence electrons. The van der Waals surface area contributed by atoms with E-state index in [2.05, 4.69) is 4.98 Å². The number of hydrogen-bond acceptors (Lipinski definition) is 5. The van der Waals surface area contributed by atoms with Gasteiger partial charge in [-0.05, 0) is 43.7 Å². The van der Waals surface area contributed by atoms with Gasteiger partial charge >= 0.3 is 5.97 Å². The highest BCUT2D eigenvalue weighted by atomic mass is 35.5. The highest BCUT2D eigenvalue weighted by molar-refractivity contribution is 6.30. The summed E-state index contributed by atoms with van der Waals surface area (Å²) in [6.45, 7) is 3.88. The van der Waals surface area contributed by atoms with E-state index in [4.69, 9.17) is 25.8 Å². The number of aromatic nitrogens is 1. The quantitative estimate of drug-likeness (QED) is 0.691. The molecule has 0 saturated carbocycles. The van der Waals surface area contributed by atoms with E-state index < -0.39 is 17.9 Å². The van der Waals surface area contributed by atoms with Gasteiger partial charge in [-0.25, -0.2) is 14.2 Å². The molecule has 0 aliphatic carbocycles. The summed E-state index contributed by atoms with van der Waals surface area (Å²) in [5.74, 6) is -0.422. The standard InChI is InChI=1S/C17H17ClFNO4/c1-3-8-22-17(21)11(2)23-13-4-6-14(7-5-13)24-16-15(19)9-12(18)10-20-16/h4-7,9-11H,3,8H2,1-2H3/t11-/m1/s1. The van der Waals surface area contributed by atoms with Gasteiger partial charge in [0.2, 0.25) is 0 Å². The first-order valence-corrected chi connectivity index (χ1v) is 7.79. The van der Waals surface area contributed by atoms with Gasteiger partial charge in [0.1, 0.15) is 11.5 Å². The maximum Gasteiger partial charge on any atom is 0.347 e. The number of carbonyl (C=O) groups is 1. The molecule has 1 heterocycles. The topological polar surface area (TPSA) is 57.7 Å². The summed E-state index contributed by atoms with van der Waals surface area (Å²) in [6, 6.07) is 7.48. The van der Waals surface area contributed by atoms with Crippen molar-refractivity contribution in [3.8, 4) is 17.4 Å². The molecule has 0 aliphatic heterocycles. The van der Waals surface area contributed by atoms with Gasteiger partial charge in [0.05, 0.1) is 11.6 Å². The zero-order valence-electron chi connectivity index (χ0n) is 13.3. The molecule has 2 rings (SSSR count). The number of ether oxygens (including phenoxy) is 3. The maximum absolute atomic E-state index is 13.6. The molecule has 0 fully saturated rings. The molecule has 1 atom stereocenters. The number of nitrogens with zero attached hydrogens (tertiary/aromatic N) is 1. The van der Waals surface area contributed by atoms with Crippen LogP contribution in [0, 0.1) is 5.82 Å². The molecule has 0 unspecified atom stereocenters. The molecule has 0 aliphatic rings. The highest BCUT2D eigenvalue weighted by Gasteiger charge is 2.16. The van der Waals surface area contributed by atoms with Gasteiger partial charge in [-0.15, -0.1) is 0 Å². The van der Waals surface area contributed by atoms with Crippen molar-refractivity contribution in [2.45, 2.75) is 26.4 Å². The number of rotatable bonds is 7. The molecule has 24 heavy (non-hydrogen) atoms. The first-order valence-electron chi connectivity index (χ1n) is 7.42. The van der Waals surface area contributed by atoms with Crippen LogP contribution in [-0.2, 0) is 9.53 Å². The number of hydrogen-bond donors (Lipinski definition) is 0. The van der Waals surface area contributed by atoms with Crippen LogP contribution in [0.5, 0.6) is 17.4 Å². The van der Waals surface area contributed by atoms with Crippen molar-refractivity contribution < 1.29 is 23.4 Å². The third-order valence-electron chi connectivity index (χ3n) is 2.91. The summed E-state index contributed by atoms with van der Waals surface area (Å²) in [4.78, 5) is 15.4. The first kappa shape index (κ1) is 18.0. The largest absolute Gasteiger partial charge is 0.479 e. The molecular formula is C17H17ClFNO4. The van der Waals surface area contributed by atoms with E-state index in [0.29, 0.717) is 18.1 Å². The van der Waals surface area contributed by atoms with E-state index >= 15 is 0 Å². The van der Waals surface area contributed by atoms with Crippen molar-refractivity contribution >= 4 is 17.6 Å². The summed E-state index contributed by atoms with van der Waals surface area (Å²) < 4.78 is 29.4. The zero-order chi connectivity index (χ0) is 17.5. The molecule has 0 radical (unpaired) electrons. The highest BCUT2D eigenvalue weighted by Crippen LogP contribution is 2.26. The Bertz CT molecular complexity index is 693. The van der Waals surface area contributed by atoms with Crippen LogP contribution in [0.25, 0.3) is 0 Å². The second-order valence-corrected chi connectivity index (χ2v) is 5.38. The molecular weight excluding hydrogens is 337 g/mol.